The van der Waals surface area contributed by atoms with Crippen LogP contribution in [0, 0.1) is 0 Å². The van der Waals surface area contributed by atoms with Gasteiger partial charge in [-0.1, -0.05) is 0 Å². The zero-order valence-electron chi connectivity index (χ0n) is 8.94. The lowest BCUT2D eigenvalue weighted by Crippen LogP contribution is -2.14. The van der Waals surface area contributed by atoms with Crippen LogP contribution in [0.1, 0.15) is 13.8 Å². The highest BCUT2D eigenvalue weighted by Gasteiger charge is 2.15. The van der Waals surface area contributed by atoms with Gasteiger partial charge in [-0.3, -0.25) is 0 Å². The van der Waals surface area contributed by atoms with Crippen LogP contribution < -0.4 is 5.73 Å². The topological polar surface area (TPSA) is 66.3 Å². The summed E-state index contributed by atoms with van der Waals surface area (Å²) < 4.78 is 0. The van der Waals surface area contributed by atoms with E-state index in [9.17, 15) is 0 Å². The zero-order chi connectivity index (χ0) is 10.7. The number of rotatable bonds is 1. The Morgan fingerprint density at radius 2 is 2.07 bits per heavy atom. The maximum atomic E-state index is 5.49. The molecule has 76 valence electrons. The molecular weight excluding hydrogens is 178 g/mol. The summed E-state index contributed by atoms with van der Waals surface area (Å²) in [4.78, 5) is 6.02. The van der Waals surface area contributed by atoms with Gasteiger partial charge in [0, 0.05) is 20.3 Å². The van der Waals surface area contributed by atoms with E-state index in [1.54, 1.807) is 6.92 Å². The molecule has 0 aromatic carbocycles. The molecule has 0 saturated carbocycles. The fraction of sp³-hybridized carbons (Fsp3) is 0.444. The Kier molecular flexibility index (Phi) is 3.01. The molecule has 0 aliphatic carbocycles. The summed E-state index contributed by atoms with van der Waals surface area (Å²) >= 11 is 0. The van der Waals surface area contributed by atoms with Gasteiger partial charge in [-0.15, -0.1) is 5.10 Å². The lowest BCUT2D eigenvalue weighted by molar-refractivity contribution is 0.563. The number of nitrogens with zero attached hydrogens (tertiary/aromatic N) is 4. The van der Waals surface area contributed by atoms with Gasteiger partial charge in [0.25, 0.3) is 0 Å². The molecule has 2 N–H and O–H groups in total. The van der Waals surface area contributed by atoms with Crippen molar-refractivity contribution in [2.24, 2.45) is 20.9 Å². The average Bonchev–Trinajstić information content (AvgIpc) is 2.34. The largest absolute Gasteiger partial charge is 0.387 e. The fourth-order valence-corrected chi connectivity index (χ4v) is 1.05. The van der Waals surface area contributed by atoms with Crippen molar-refractivity contribution in [1.29, 1.82) is 0 Å². The van der Waals surface area contributed by atoms with E-state index in [2.05, 4.69) is 15.2 Å². The molecule has 0 aromatic heterocycles. The molecule has 0 spiro atoms. The Morgan fingerprint density at radius 3 is 2.57 bits per heavy atom. The molecule has 0 saturated heterocycles. The van der Waals surface area contributed by atoms with Gasteiger partial charge in [0.15, 0.2) is 5.84 Å². The molecule has 5 heteroatoms. The van der Waals surface area contributed by atoms with Gasteiger partial charge in [-0.2, -0.15) is 5.10 Å². The number of hydrogen-bond acceptors (Lipinski definition) is 4. The van der Waals surface area contributed by atoms with Crippen molar-refractivity contribution in [3.63, 3.8) is 0 Å². The average molecular weight is 193 g/mol. The summed E-state index contributed by atoms with van der Waals surface area (Å²) in [6, 6.07) is 0. The van der Waals surface area contributed by atoms with Crippen molar-refractivity contribution in [3.05, 3.63) is 11.8 Å². The van der Waals surface area contributed by atoms with Gasteiger partial charge in [0.2, 0.25) is 0 Å². The molecule has 1 rings (SSSR count). The van der Waals surface area contributed by atoms with Gasteiger partial charge >= 0.3 is 0 Å². The maximum absolute atomic E-state index is 5.49. The predicted octanol–water partition coefficient (Wildman–Crippen LogP) is 0.597. The Bertz CT molecular complexity index is 342. The quantitative estimate of drug-likeness (QED) is 0.489. The number of aliphatic imine (C=N–C) groups is 1. The molecule has 0 amide bonds. The predicted molar refractivity (Wildman–Crippen MR) is 59.6 cm³/mol. The van der Waals surface area contributed by atoms with Crippen LogP contribution in [-0.2, 0) is 0 Å². The molecule has 14 heavy (non-hydrogen) atoms. The van der Waals surface area contributed by atoms with Crippen molar-refractivity contribution in [1.82, 2.24) is 4.90 Å². The van der Waals surface area contributed by atoms with Crippen LogP contribution in [0.2, 0.25) is 0 Å². The maximum Gasteiger partial charge on any atom is 0.186 e. The monoisotopic (exact) mass is 193 g/mol. The van der Waals surface area contributed by atoms with Crippen molar-refractivity contribution >= 4 is 17.4 Å². The smallest absolute Gasteiger partial charge is 0.186 e. The Morgan fingerprint density at radius 1 is 1.43 bits per heavy atom. The summed E-state index contributed by atoms with van der Waals surface area (Å²) in [5.41, 5.74) is 7.26. The van der Waals surface area contributed by atoms with E-state index in [1.807, 2.05) is 32.1 Å². The van der Waals surface area contributed by atoms with Crippen LogP contribution in [0.5, 0.6) is 0 Å². The van der Waals surface area contributed by atoms with Crippen LogP contribution in [-0.4, -0.2) is 36.4 Å². The minimum atomic E-state index is 0.485. The third kappa shape index (κ3) is 2.42. The lowest BCUT2D eigenvalue weighted by atomic mass is 10.2. The second-order valence-electron chi connectivity index (χ2n) is 3.37. The second kappa shape index (κ2) is 4.04. The first kappa shape index (κ1) is 10.4. The van der Waals surface area contributed by atoms with E-state index in [0.717, 1.165) is 11.3 Å². The zero-order valence-corrected chi connectivity index (χ0v) is 8.94. The molecule has 0 bridgehead atoms. The normalized spacial score (nSPS) is 19.7. The molecule has 1 aliphatic heterocycles. The minimum Gasteiger partial charge on any atom is -0.387 e. The van der Waals surface area contributed by atoms with Crippen molar-refractivity contribution < 1.29 is 0 Å². The van der Waals surface area contributed by atoms with Crippen LogP contribution in [0.15, 0.2) is 27.0 Å². The summed E-state index contributed by atoms with van der Waals surface area (Å²) in [5.74, 6) is 1.06. The number of hydrogen-bond donors (Lipinski definition) is 1. The van der Waals surface area contributed by atoms with Gasteiger partial charge < -0.3 is 10.6 Å². The van der Waals surface area contributed by atoms with Crippen LogP contribution in [0.25, 0.3) is 0 Å². The highest BCUT2D eigenvalue weighted by Crippen LogP contribution is 2.11. The molecule has 1 heterocycles. The second-order valence-corrected chi connectivity index (χ2v) is 3.37. The van der Waals surface area contributed by atoms with E-state index in [4.69, 9.17) is 5.73 Å². The standard InChI is InChI=1S/C9H15N5/c1-6-8(5-14(3)4)9(13-12-6)11-7(2)10/h5H,1-4H3,(H2,10,11,13)/b8-5+. The van der Waals surface area contributed by atoms with Crippen molar-refractivity contribution in [3.8, 4) is 0 Å². The Hall–Kier alpha value is -1.65. The van der Waals surface area contributed by atoms with Gasteiger partial charge in [-0.05, 0) is 13.8 Å². The van der Waals surface area contributed by atoms with Crippen molar-refractivity contribution in [2.75, 3.05) is 14.1 Å². The number of amidine groups is 2. The fourth-order valence-electron chi connectivity index (χ4n) is 1.05. The van der Waals surface area contributed by atoms with E-state index < -0.39 is 0 Å². The van der Waals surface area contributed by atoms with E-state index in [1.165, 1.54) is 0 Å². The Labute approximate surface area is 83.7 Å². The van der Waals surface area contributed by atoms with E-state index in [-0.39, 0.29) is 0 Å². The summed E-state index contributed by atoms with van der Waals surface area (Å²) in [6.07, 6.45) is 1.93. The van der Waals surface area contributed by atoms with Gasteiger partial charge in [0.05, 0.1) is 17.1 Å². The van der Waals surface area contributed by atoms with Crippen LogP contribution >= 0.6 is 0 Å². The third-order valence-corrected chi connectivity index (χ3v) is 1.59. The van der Waals surface area contributed by atoms with Crippen molar-refractivity contribution in [2.45, 2.75) is 13.8 Å². The van der Waals surface area contributed by atoms with Gasteiger partial charge in [-0.25, -0.2) is 4.99 Å². The SMILES string of the molecule is CC(N)=NC1=NN=C(C)/C1=C\N(C)C. The molecule has 0 unspecified atom stereocenters. The Balaban J connectivity index is 2.97. The van der Waals surface area contributed by atoms with Gasteiger partial charge in [0.1, 0.15) is 0 Å². The molecule has 0 atom stereocenters. The van der Waals surface area contributed by atoms with E-state index >= 15 is 0 Å². The number of nitrogens with two attached hydrogens (primary N) is 1. The molecule has 0 fully saturated rings. The molecule has 1 aliphatic rings. The third-order valence-electron chi connectivity index (χ3n) is 1.59. The first-order valence-electron chi connectivity index (χ1n) is 4.32. The summed E-state index contributed by atoms with van der Waals surface area (Å²) in [6.45, 7) is 3.62. The van der Waals surface area contributed by atoms with Crippen LogP contribution in [0.3, 0.4) is 0 Å². The highest BCUT2D eigenvalue weighted by atomic mass is 15.3. The summed E-state index contributed by atoms with van der Waals surface area (Å²) in [7, 11) is 3.88. The van der Waals surface area contributed by atoms with E-state index in [0.29, 0.717) is 11.7 Å². The van der Waals surface area contributed by atoms with Crippen LogP contribution in [0.4, 0.5) is 0 Å². The lowest BCUT2D eigenvalue weighted by Gasteiger charge is -2.07. The first-order valence-corrected chi connectivity index (χ1v) is 4.32. The molecule has 5 nitrogen and oxygen atoms in total. The summed E-state index contributed by atoms with van der Waals surface area (Å²) in [5, 5.41) is 7.89. The molecular formula is C9H15N5. The highest BCUT2D eigenvalue weighted by molar-refractivity contribution is 6.27. The molecule has 0 aromatic rings. The molecule has 0 radical (unpaired) electrons. The first-order chi connectivity index (χ1) is 6.50. The minimum absolute atomic E-state index is 0.485.